The lowest BCUT2D eigenvalue weighted by molar-refractivity contribution is -0.274. The first kappa shape index (κ1) is 17.9. The van der Waals surface area contributed by atoms with Gasteiger partial charge in [0.05, 0.1) is 11.0 Å². The van der Waals surface area contributed by atoms with E-state index in [1.165, 1.54) is 12.1 Å². The molecule has 1 amide bonds. The molecule has 0 atom stereocenters. The Hall–Kier alpha value is -3.48. The van der Waals surface area contributed by atoms with E-state index in [-0.39, 0.29) is 5.75 Å². The number of hydrogen-bond donors (Lipinski definition) is 1. The molecule has 0 aliphatic heterocycles. The highest BCUT2D eigenvalue weighted by Crippen LogP contribution is 2.32. The third-order valence-corrected chi connectivity index (χ3v) is 4.47. The fourth-order valence-electron chi connectivity index (χ4n) is 3.37. The van der Waals surface area contributed by atoms with E-state index in [2.05, 4.69) is 10.8 Å². The van der Waals surface area contributed by atoms with Crippen LogP contribution in [0.25, 0.3) is 21.8 Å². The third-order valence-electron chi connectivity index (χ3n) is 4.47. The van der Waals surface area contributed by atoms with E-state index in [0.29, 0.717) is 17.5 Å². The summed E-state index contributed by atoms with van der Waals surface area (Å²) in [5.41, 5.74) is 8.36. The molecule has 0 spiro atoms. The lowest BCUT2D eigenvalue weighted by Gasteiger charge is -2.11. The van der Waals surface area contributed by atoms with Crippen LogP contribution in [0.4, 0.5) is 13.2 Å². The Morgan fingerprint density at radius 3 is 2.43 bits per heavy atom. The summed E-state index contributed by atoms with van der Waals surface area (Å²) < 4.78 is 42.9. The van der Waals surface area contributed by atoms with Gasteiger partial charge in [-0.3, -0.25) is 4.79 Å². The van der Waals surface area contributed by atoms with Crippen molar-refractivity contribution in [3.8, 4) is 5.75 Å². The van der Waals surface area contributed by atoms with Gasteiger partial charge in [-0.05, 0) is 42.0 Å². The first-order valence-corrected chi connectivity index (χ1v) is 8.39. The standard InChI is InChI=1S/C21H14F3N2O2/c22-21(23,24)28-14-10-8-13(9-11-14)12-26-17-6-2-1-4-15(17)19-16(20(25)27)5-3-7-18(19)26/h1-3,5-11H,12H2,(H2,25,27). The zero-order valence-electron chi connectivity index (χ0n) is 14.5. The molecule has 0 aliphatic rings. The van der Waals surface area contributed by atoms with Gasteiger partial charge in [-0.2, -0.15) is 0 Å². The van der Waals surface area contributed by atoms with Crippen LogP contribution in [0.2, 0.25) is 0 Å². The number of alkyl halides is 3. The minimum Gasteiger partial charge on any atom is -0.406 e. The summed E-state index contributed by atoms with van der Waals surface area (Å²) in [5.74, 6) is -0.807. The Balaban J connectivity index is 1.80. The molecule has 28 heavy (non-hydrogen) atoms. The molecule has 7 heteroatoms. The minimum atomic E-state index is -4.73. The molecule has 4 aromatic rings. The van der Waals surface area contributed by atoms with E-state index in [4.69, 9.17) is 5.73 Å². The van der Waals surface area contributed by atoms with Crippen LogP contribution in [0.3, 0.4) is 0 Å². The van der Waals surface area contributed by atoms with Crippen molar-refractivity contribution in [2.45, 2.75) is 12.9 Å². The molecule has 1 heterocycles. The fourth-order valence-corrected chi connectivity index (χ4v) is 3.37. The van der Waals surface area contributed by atoms with E-state index < -0.39 is 12.3 Å². The number of halogens is 3. The molecule has 4 rings (SSSR count). The second-order valence-electron chi connectivity index (χ2n) is 6.27. The van der Waals surface area contributed by atoms with Crippen molar-refractivity contribution in [3.63, 3.8) is 0 Å². The van der Waals surface area contributed by atoms with Crippen molar-refractivity contribution in [2.24, 2.45) is 5.73 Å². The van der Waals surface area contributed by atoms with Gasteiger partial charge in [0.1, 0.15) is 5.75 Å². The van der Waals surface area contributed by atoms with Gasteiger partial charge < -0.3 is 15.0 Å². The van der Waals surface area contributed by atoms with Crippen LogP contribution in [0.15, 0.2) is 60.7 Å². The van der Waals surface area contributed by atoms with Crippen LogP contribution in [-0.4, -0.2) is 16.8 Å². The molecule has 0 saturated heterocycles. The summed E-state index contributed by atoms with van der Waals surface area (Å²) >= 11 is 0. The highest BCUT2D eigenvalue weighted by atomic mass is 19.4. The minimum absolute atomic E-state index is 0.275. The molecule has 0 aliphatic carbocycles. The number of carbonyl (C=O) groups excluding carboxylic acids is 1. The molecule has 141 valence electrons. The number of nitrogens with zero attached hydrogens (tertiary/aromatic N) is 1. The van der Waals surface area contributed by atoms with Crippen molar-refractivity contribution in [2.75, 3.05) is 0 Å². The number of ether oxygens (including phenoxy) is 1. The smallest absolute Gasteiger partial charge is 0.406 e. The molecule has 0 bridgehead atoms. The van der Waals surface area contributed by atoms with Gasteiger partial charge in [0, 0.05) is 22.9 Å². The number of nitrogens with two attached hydrogens (primary N) is 1. The summed E-state index contributed by atoms with van der Waals surface area (Å²) in [4.78, 5) is 11.9. The molecule has 1 aromatic heterocycles. The second-order valence-corrected chi connectivity index (χ2v) is 6.27. The van der Waals surface area contributed by atoms with Crippen molar-refractivity contribution in [3.05, 3.63) is 77.9 Å². The first-order valence-electron chi connectivity index (χ1n) is 8.39. The lowest BCUT2D eigenvalue weighted by atomic mass is 10.1. The average Bonchev–Trinajstić information content (AvgIpc) is 2.96. The van der Waals surface area contributed by atoms with Crippen molar-refractivity contribution < 1.29 is 22.7 Å². The number of benzene rings is 3. The lowest BCUT2D eigenvalue weighted by Crippen LogP contribution is -2.17. The van der Waals surface area contributed by atoms with Crippen LogP contribution in [0.1, 0.15) is 15.9 Å². The SMILES string of the molecule is NC(=O)c1cccc2c1c1[c]cccc1n2Cc1ccc(OC(F)(F)F)cc1. The van der Waals surface area contributed by atoms with Gasteiger partial charge in [-0.15, -0.1) is 13.2 Å². The van der Waals surface area contributed by atoms with Gasteiger partial charge in [-0.25, -0.2) is 0 Å². The molecule has 0 unspecified atom stereocenters. The molecular formula is C21H14F3N2O2. The fraction of sp³-hybridized carbons (Fsp3) is 0.0952. The monoisotopic (exact) mass is 383 g/mol. The Bertz CT molecular complexity index is 1180. The molecule has 0 saturated carbocycles. The van der Waals surface area contributed by atoms with E-state index in [1.807, 2.05) is 22.8 Å². The molecule has 2 N–H and O–H groups in total. The Morgan fingerprint density at radius 1 is 1.04 bits per heavy atom. The van der Waals surface area contributed by atoms with E-state index >= 15 is 0 Å². The predicted molar refractivity (Wildman–Crippen MR) is 99.0 cm³/mol. The quantitative estimate of drug-likeness (QED) is 0.558. The molecule has 3 aromatic carbocycles. The van der Waals surface area contributed by atoms with Crippen LogP contribution in [0, 0.1) is 6.07 Å². The number of aromatic nitrogens is 1. The largest absolute Gasteiger partial charge is 0.573 e. The highest BCUT2D eigenvalue weighted by molar-refractivity contribution is 6.17. The van der Waals surface area contributed by atoms with Gasteiger partial charge in [-0.1, -0.05) is 30.3 Å². The molecule has 0 fully saturated rings. The molecular weight excluding hydrogens is 369 g/mol. The van der Waals surface area contributed by atoms with E-state index in [0.717, 1.165) is 22.0 Å². The summed E-state index contributed by atoms with van der Waals surface area (Å²) in [6, 6.07) is 19.6. The number of hydrogen-bond acceptors (Lipinski definition) is 2. The van der Waals surface area contributed by atoms with Crippen molar-refractivity contribution >= 4 is 27.7 Å². The summed E-state index contributed by atoms with van der Waals surface area (Å²) in [5, 5.41) is 1.48. The first-order chi connectivity index (χ1) is 13.3. The van der Waals surface area contributed by atoms with Crippen molar-refractivity contribution in [1.82, 2.24) is 4.57 Å². The number of primary amides is 1. The zero-order chi connectivity index (χ0) is 19.9. The summed E-state index contributed by atoms with van der Waals surface area (Å²) in [6.45, 7) is 0.395. The summed E-state index contributed by atoms with van der Waals surface area (Å²) in [6.07, 6.45) is -4.73. The number of carbonyl (C=O) groups is 1. The van der Waals surface area contributed by atoms with E-state index in [9.17, 15) is 18.0 Å². The van der Waals surface area contributed by atoms with Gasteiger partial charge in [0.25, 0.3) is 0 Å². The van der Waals surface area contributed by atoms with Crippen LogP contribution < -0.4 is 10.5 Å². The van der Waals surface area contributed by atoms with Crippen LogP contribution in [-0.2, 0) is 6.54 Å². The van der Waals surface area contributed by atoms with Crippen LogP contribution >= 0.6 is 0 Å². The maximum absolute atomic E-state index is 12.3. The topological polar surface area (TPSA) is 57.2 Å². The third kappa shape index (κ3) is 3.26. The van der Waals surface area contributed by atoms with Crippen molar-refractivity contribution in [1.29, 1.82) is 0 Å². The highest BCUT2D eigenvalue weighted by Gasteiger charge is 2.31. The second kappa shape index (κ2) is 6.60. The Kier molecular flexibility index (Phi) is 4.22. The van der Waals surface area contributed by atoms with Crippen LogP contribution in [0.5, 0.6) is 5.75 Å². The van der Waals surface area contributed by atoms with Gasteiger partial charge in [0.15, 0.2) is 0 Å². The Labute approximate surface area is 157 Å². The Morgan fingerprint density at radius 2 is 1.75 bits per heavy atom. The average molecular weight is 383 g/mol. The molecule has 1 radical (unpaired) electrons. The maximum Gasteiger partial charge on any atom is 0.573 e. The summed E-state index contributed by atoms with van der Waals surface area (Å²) in [7, 11) is 0. The number of amides is 1. The molecule has 4 nitrogen and oxygen atoms in total. The maximum atomic E-state index is 12.3. The number of rotatable bonds is 4. The number of fused-ring (bicyclic) bond motifs is 3. The van der Waals surface area contributed by atoms with E-state index in [1.54, 1.807) is 30.3 Å². The van der Waals surface area contributed by atoms with Gasteiger partial charge >= 0.3 is 6.36 Å². The predicted octanol–water partition coefficient (Wildman–Crippen LogP) is 4.64. The zero-order valence-corrected chi connectivity index (χ0v) is 14.5. The van der Waals surface area contributed by atoms with Gasteiger partial charge in [0.2, 0.25) is 5.91 Å². The normalized spacial score (nSPS) is 11.8.